The zero-order valence-electron chi connectivity index (χ0n) is 12.9. The van der Waals surface area contributed by atoms with Crippen molar-refractivity contribution in [1.29, 1.82) is 0 Å². The molecule has 3 heterocycles. The molecule has 0 spiro atoms. The first kappa shape index (κ1) is 15.2. The van der Waals surface area contributed by atoms with Gasteiger partial charge in [-0.3, -0.25) is 4.79 Å². The van der Waals surface area contributed by atoms with E-state index >= 15 is 0 Å². The maximum Gasteiger partial charge on any atom is 0.228 e. The van der Waals surface area contributed by atoms with Crippen LogP contribution in [0.2, 0.25) is 0 Å². The summed E-state index contributed by atoms with van der Waals surface area (Å²) in [6.45, 7) is 4.57. The molecule has 1 aromatic rings. The van der Waals surface area contributed by atoms with Crippen molar-refractivity contribution >= 4 is 11.9 Å². The van der Waals surface area contributed by atoms with E-state index in [0.717, 1.165) is 6.54 Å². The number of anilines is 1. The number of rotatable bonds is 4. The number of carbonyl (C=O) groups excluding carboxylic acids is 1. The normalized spacial score (nSPS) is 25.5. The van der Waals surface area contributed by atoms with Crippen molar-refractivity contribution in [3.05, 3.63) is 18.5 Å². The van der Waals surface area contributed by atoms with Crippen molar-refractivity contribution in [3.8, 4) is 0 Å². The average Bonchev–Trinajstić information content (AvgIpc) is 3.00. The summed E-state index contributed by atoms with van der Waals surface area (Å²) >= 11 is 0. The van der Waals surface area contributed by atoms with Gasteiger partial charge < -0.3 is 19.3 Å². The Labute approximate surface area is 130 Å². The zero-order valence-corrected chi connectivity index (χ0v) is 12.9. The van der Waals surface area contributed by atoms with Crippen molar-refractivity contribution in [1.82, 2.24) is 14.9 Å². The van der Waals surface area contributed by atoms with E-state index in [2.05, 4.69) is 14.9 Å². The molecular weight excluding hydrogens is 284 g/mol. The van der Waals surface area contributed by atoms with Crippen LogP contribution in [0, 0.1) is 11.8 Å². The molecule has 0 N–H and O–H groups in total. The lowest BCUT2D eigenvalue weighted by molar-refractivity contribution is -0.140. The summed E-state index contributed by atoms with van der Waals surface area (Å²) in [7, 11) is 1.68. The SMILES string of the molecule is COC[C@@H]1CN(c2ncccn2)C[C@H]1C(=O)N1CCOCC1. The number of hydrogen-bond acceptors (Lipinski definition) is 6. The summed E-state index contributed by atoms with van der Waals surface area (Å²) in [5, 5.41) is 0. The Balaban J connectivity index is 1.72. The third-order valence-electron chi connectivity index (χ3n) is 4.30. The van der Waals surface area contributed by atoms with Gasteiger partial charge in [-0.15, -0.1) is 0 Å². The van der Waals surface area contributed by atoms with Crippen molar-refractivity contribution in [2.45, 2.75) is 0 Å². The summed E-state index contributed by atoms with van der Waals surface area (Å²) in [4.78, 5) is 25.4. The molecule has 7 heteroatoms. The van der Waals surface area contributed by atoms with Gasteiger partial charge in [0, 0.05) is 51.6 Å². The highest BCUT2D eigenvalue weighted by Gasteiger charge is 2.40. The molecule has 0 radical (unpaired) electrons. The highest BCUT2D eigenvalue weighted by Crippen LogP contribution is 2.28. The lowest BCUT2D eigenvalue weighted by Crippen LogP contribution is -2.46. The lowest BCUT2D eigenvalue weighted by atomic mass is 9.95. The van der Waals surface area contributed by atoms with Crippen LogP contribution in [0.25, 0.3) is 0 Å². The molecule has 2 saturated heterocycles. The average molecular weight is 306 g/mol. The number of hydrogen-bond donors (Lipinski definition) is 0. The minimum atomic E-state index is -0.0677. The van der Waals surface area contributed by atoms with Crippen LogP contribution in [0.5, 0.6) is 0 Å². The van der Waals surface area contributed by atoms with Gasteiger partial charge in [-0.05, 0) is 6.07 Å². The molecule has 2 fully saturated rings. The maximum atomic E-state index is 12.8. The van der Waals surface area contributed by atoms with Crippen LogP contribution in [0.15, 0.2) is 18.5 Å². The van der Waals surface area contributed by atoms with E-state index in [4.69, 9.17) is 9.47 Å². The summed E-state index contributed by atoms with van der Waals surface area (Å²) in [6, 6.07) is 1.79. The van der Waals surface area contributed by atoms with E-state index in [1.54, 1.807) is 25.6 Å². The molecule has 2 atom stereocenters. The molecule has 120 valence electrons. The number of ether oxygens (including phenoxy) is 2. The Kier molecular flexibility index (Phi) is 4.84. The summed E-state index contributed by atoms with van der Waals surface area (Å²) in [5.41, 5.74) is 0. The van der Waals surface area contributed by atoms with Crippen LogP contribution in [0.4, 0.5) is 5.95 Å². The second-order valence-corrected chi connectivity index (χ2v) is 5.71. The zero-order chi connectivity index (χ0) is 15.4. The smallest absolute Gasteiger partial charge is 0.228 e. The Morgan fingerprint density at radius 2 is 2.05 bits per heavy atom. The quantitative estimate of drug-likeness (QED) is 0.782. The molecule has 1 aromatic heterocycles. The van der Waals surface area contributed by atoms with Crippen LogP contribution in [0.1, 0.15) is 0 Å². The Hall–Kier alpha value is -1.73. The van der Waals surface area contributed by atoms with E-state index < -0.39 is 0 Å². The fourth-order valence-corrected chi connectivity index (χ4v) is 3.17. The van der Waals surface area contributed by atoms with Crippen molar-refractivity contribution in [3.63, 3.8) is 0 Å². The van der Waals surface area contributed by atoms with Gasteiger partial charge in [0.05, 0.1) is 25.7 Å². The molecule has 7 nitrogen and oxygen atoms in total. The molecule has 22 heavy (non-hydrogen) atoms. The third kappa shape index (κ3) is 3.20. The lowest BCUT2D eigenvalue weighted by Gasteiger charge is -2.30. The molecule has 0 unspecified atom stereocenters. The van der Waals surface area contributed by atoms with Gasteiger partial charge in [-0.25, -0.2) is 9.97 Å². The van der Waals surface area contributed by atoms with Gasteiger partial charge in [0.15, 0.2) is 0 Å². The molecule has 0 aliphatic carbocycles. The molecule has 1 amide bonds. The van der Waals surface area contributed by atoms with Crippen molar-refractivity contribution in [2.75, 3.05) is 58.0 Å². The maximum absolute atomic E-state index is 12.8. The van der Waals surface area contributed by atoms with E-state index in [1.807, 2.05) is 4.90 Å². The molecule has 2 aliphatic heterocycles. The monoisotopic (exact) mass is 306 g/mol. The van der Waals surface area contributed by atoms with Crippen molar-refractivity contribution < 1.29 is 14.3 Å². The number of morpholine rings is 1. The summed E-state index contributed by atoms with van der Waals surface area (Å²) < 4.78 is 10.6. The number of carbonyl (C=O) groups is 1. The minimum Gasteiger partial charge on any atom is -0.384 e. The molecule has 0 aromatic carbocycles. The highest BCUT2D eigenvalue weighted by molar-refractivity contribution is 5.80. The van der Waals surface area contributed by atoms with Crippen LogP contribution >= 0.6 is 0 Å². The number of amides is 1. The van der Waals surface area contributed by atoms with Gasteiger partial charge in [0.2, 0.25) is 11.9 Å². The predicted molar refractivity (Wildman–Crippen MR) is 80.5 cm³/mol. The van der Waals surface area contributed by atoms with E-state index in [0.29, 0.717) is 45.4 Å². The third-order valence-corrected chi connectivity index (χ3v) is 4.30. The highest BCUT2D eigenvalue weighted by atomic mass is 16.5. The van der Waals surface area contributed by atoms with E-state index in [1.165, 1.54) is 0 Å². The second-order valence-electron chi connectivity index (χ2n) is 5.71. The van der Waals surface area contributed by atoms with Crippen LogP contribution in [0.3, 0.4) is 0 Å². The van der Waals surface area contributed by atoms with Gasteiger partial charge in [-0.1, -0.05) is 0 Å². The van der Waals surface area contributed by atoms with Crippen LogP contribution < -0.4 is 4.90 Å². The molecule has 0 saturated carbocycles. The largest absolute Gasteiger partial charge is 0.384 e. The van der Waals surface area contributed by atoms with Crippen LogP contribution in [-0.4, -0.2) is 73.9 Å². The standard InChI is InChI=1S/C15H22N4O3/c1-21-11-12-9-19(15-16-3-2-4-17-15)10-13(12)14(20)18-5-7-22-8-6-18/h2-4,12-13H,5-11H2,1H3/t12-,13+/m0/s1. The topological polar surface area (TPSA) is 67.8 Å². The second kappa shape index (κ2) is 7.02. The molecule has 2 aliphatic rings. The molecular formula is C15H22N4O3. The van der Waals surface area contributed by atoms with Crippen LogP contribution in [-0.2, 0) is 14.3 Å². The fourth-order valence-electron chi connectivity index (χ4n) is 3.17. The Morgan fingerprint density at radius 1 is 1.32 bits per heavy atom. The summed E-state index contributed by atoms with van der Waals surface area (Å²) in [5.74, 6) is 0.982. The van der Waals surface area contributed by atoms with Crippen molar-refractivity contribution in [2.24, 2.45) is 11.8 Å². The Bertz CT molecular complexity index is 493. The first-order valence-electron chi connectivity index (χ1n) is 7.67. The number of nitrogens with zero attached hydrogens (tertiary/aromatic N) is 4. The van der Waals surface area contributed by atoms with E-state index in [9.17, 15) is 4.79 Å². The van der Waals surface area contributed by atoms with Gasteiger partial charge in [0.25, 0.3) is 0 Å². The van der Waals surface area contributed by atoms with Gasteiger partial charge >= 0.3 is 0 Å². The summed E-state index contributed by atoms with van der Waals surface area (Å²) in [6.07, 6.45) is 3.45. The Morgan fingerprint density at radius 3 is 2.73 bits per heavy atom. The van der Waals surface area contributed by atoms with E-state index in [-0.39, 0.29) is 17.7 Å². The first-order chi connectivity index (χ1) is 10.8. The molecule has 3 rings (SSSR count). The number of aromatic nitrogens is 2. The molecule has 0 bridgehead atoms. The fraction of sp³-hybridized carbons (Fsp3) is 0.667. The minimum absolute atomic E-state index is 0.0677. The van der Waals surface area contributed by atoms with Gasteiger partial charge in [-0.2, -0.15) is 0 Å². The first-order valence-corrected chi connectivity index (χ1v) is 7.67. The van der Waals surface area contributed by atoms with Gasteiger partial charge in [0.1, 0.15) is 0 Å². The number of methoxy groups -OCH3 is 1. The predicted octanol–water partition coefficient (Wildman–Crippen LogP) is 0.0342.